The third-order valence-corrected chi connectivity index (χ3v) is 5.22. The molecular weight excluding hydrogens is 338 g/mol. The third kappa shape index (κ3) is 6.28. The summed E-state index contributed by atoms with van der Waals surface area (Å²) in [6, 6.07) is -0.349. The van der Waals surface area contributed by atoms with Gasteiger partial charge in [0.15, 0.2) is 0 Å². The Morgan fingerprint density at radius 3 is 2.65 bits per heavy atom. The Kier molecular flexibility index (Phi) is 8.21. The van der Waals surface area contributed by atoms with Crippen molar-refractivity contribution in [3.63, 3.8) is 0 Å². The van der Waals surface area contributed by atoms with E-state index >= 15 is 0 Å². The molecule has 0 aliphatic rings. The molecule has 7 nitrogen and oxygen atoms in total. The summed E-state index contributed by atoms with van der Waals surface area (Å²) in [6.45, 7) is 3.00. The highest BCUT2D eigenvalue weighted by Crippen LogP contribution is 2.10. The molecule has 128 valence electrons. The topological polar surface area (TPSA) is 115 Å². The lowest BCUT2D eigenvalue weighted by Gasteiger charge is -2.16. The average Bonchev–Trinajstić information content (AvgIpc) is 2.49. The van der Waals surface area contributed by atoms with Gasteiger partial charge in [-0.2, -0.15) is 11.8 Å². The number of hydrogen-bond donors (Lipinski definition) is 4. The minimum absolute atomic E-state index is 0.154. The molecule has 0 aliphatic heterocycles. The van der Waals surface area contributed by atoms with Crippen molar-refractivity contribution in [2.45, 2.75) is 19.9 Å². The summed E-state index contributed by atoms with van der Waals surface area (Å²) in [5.74, 6) is 0.244. The Hall–Kier alpha value is -1.45. The van der Waals surface area contributed by atoms with Crippen molar-refractivity contribution >= 4 is 35.5 Å². The second-order valence-corrected chi connectivity index (χ2v) is 7.17. The fourth-order valence-corrected chi connectivity index (χ4v) is 3.30. The summed E-state index contributed by atoms with van der Waals surface area (Å²) in [5.41, 5.74) is -0.195. The molecule has 1 aromatic heterocycles. The SMILES string of the molecule is CSCSC[C@H](CO)NC(=O)/C(C)=C\c1c(C)[nH]c(=O)[nH]c1=O. The maximum absolute atomic E-state index is 12.1. The minimum Gasteiger partial charge on any atom is -0.394 e. The van der Waals surface area contributed by atoms with Crippen LogP contribution < -0.4 is 16.6 Å². The molecule has 9 heteroatoms. The Labute approximate surface area is 142 Å². The first-order chi connectivity index (χ1) is 10.9. The first-order valence-corrected chi connectivity index (χ1v) is 9.43. The molecule has 1 atom stereocenters. The molecule has 23 heavy (non-hydrogen) atoms. The number of carbonyl (C=O) groups is 1. The maximum Gasteiger partial charge on any atom is 0.325 e. The molecular formula is C14H21N3O4S2. The monoisotopic (exact) mass is 359 g/mol. The number of aromatic nitrogens is 2. The highest BCUT2D eigenvalue weighted by molar-refractivity contribution is 8.15. The Bertz CT molecular complexity index is 681. The van der Waals surface area contributed by atoms with E-state index in [2.05, 4.69) is 15.3 Å². The molecule has 1 heterocycles. The van der Waals surface area contributed by atoms with Crippen LogP contribution in [0.1, 0.15) is 18.2 Å². The van der Waals surface area contributed by atoms with E-state index in [0.29, 0.717) is 17.0 Å². The van der Waals surface area contributed by atoms with Crippen molar-refractivity contribution in [3.05, 3.63) is 37.7 Å². The summed E-state index contributed by atoms with van der Waals surface area (Å²) in [4.78, 5) is 39.7. The van der Waals surface area contributed by atoms with Crippen LogP contribution in [0.2, 0.25) is 0 Å². The number of amides is 1. The first-order valence-electron chi connectivity index (χ1n) is 6.89. The van der Waals surface area contributed by atoms with Gasteiger partial charge < -0.3 is 15.4 Å². The Morgan fingerprint density at radius 1 is 1.39 bits per heavy atom. The van der Waals surface area contributed by atoms with Gasteiger partial charge in [0, 0.05) is 22.1 Å². The van der Waals surface area contributed by atoms with Gasteiger partial charge in [-0.15, -0.1) is 11.8 Å². The van der Waals surface area contributed by atoms with Crippen LogP contribution in [-0.4, -0.2) is 50.7 Å². The van der Waals surface area contributed by atoms with Crippen LogP contribution in [0, 0.1) is 6.92 Å². The molecule has 1 rings (SSSR count). The lowest BCUT2D eigenvalue weighted by molar-refractivity contribution is -0.118. The predicted octanol–water partition coefficient (Wildman–Crippen LogP) is 0.306. The standard InChI is InChI=1S/C14H21N3O4S2/c1-8(4-11-9(2)15-14(21)17-13(11)20)12(19)16-10(5-18)6-23-7-22-3/h4,10,18H,5-7H2,1-3H3,(H,16,19)(H2,15,17,20,21)/b8-4-/t10-/m0/s1. The smallest absolute Gasteiger partial charge is 0.325 e. The number of aliphatic hydroxyl groups is 1. The number of aryl methyl sites for hydroxylation is 1. The molecule has 0 unspecified atom stereocenters. The van der Waals surface area contributed by atoms with Crippen LogP contribution >= 0.6 is 23.5 Å². The molecule has 1 aromatic rings. The quantitative estimate of drug-likeness (QED) is 0.302. The van der Waals surface area contributed by atoms with Crippen LogP contribution in [0.3, 0.4) is 0 Å². The average molecular weight is 359 g/mol. The molecule has 0 fully saturated rings. The number of thioether (sulfide) groups is 2. The Balaban J connectivity index is 2.83. The highest BCUT2D eigenvalue weighted by atomic mass is 32.2. The van der Waals surface area contributed by atoms with Gasteiger partial charge in [-0.1, -0.05) is 0 Å². The summed E-state index contributed by atoms with van der Waals surface area (Å²) in [5, 5.41) is 12.9. The van der Waals surface area contributed by atoms with E-state index in [9.17, 15) is 19.5 Å². The van der Waals surface area contributed by atoms with Crippen LogP contribution in [0.5, 0.6) is 0 Å². The largest absolute Gasteiger partial charge is 0.394 e. The van der Waals surface area contributed by atoms with E-state index < -0.39 is 11.2 Å². The Morgan fingerprint density at radius 2 is 2.09 bits per heavy atom. The maximum atomic E-state index is 12.1. The normalized spacial score (nSPS) is 13.0. The van der Waals surface area contributed by atoms with Gasteiger partial charge in [0.2, 0.25) is 5.91 Å². The van der Waals surface area contributed by atoms with E-state index in [0.717, 1.165) is 5.08 Å². The van der Waals surface area contributed by atoms with Gasteiger partial charge in [-0.3, -0.25) is 14.6 Å². The summed E-state index contributed by atoms with van der Waals surface area (Å²) < 4.78 is 0. The summed E-state index contributed by atoms with van der Waals surface area (Å²) >= 11 is 3.30. The van der Waals surface area contributed by atoms with E-state index in [4.69, 9.17) is 0 Å². The number of hydrogen-bond acceptors (Lipinski definition) is 6. The molecule has 1 amide bonds. The zero-order valence-electron chi connectivity index (χ0n) is 13.3. The van der Waals surface area contributed by atoms with Gasteiger partial charge in [0.25, 0.3) is 5.56 Å². The molecule has 0 radical (unpaired) electrons. The van der Waals surface area contributed by atoms with Gasteiger partial charge in [0.05, 0.1) is 18.2 Å². The number of nitrogens with one attached hydrogen (secondary N) is 3. The molecule has 4 N–H and O–H groups in total. The van der Waals surface area contributed by atoms with Gasteiger partial charge in [-0.05, 0) is 26.2 Å². The number of carbonyl (C=O) groups excluding carboxylic acids is 1. The molecule has 0 aliphatic carbocycles. The van der Waals surface area contributed by atoms with Crippen molar-refractivity contribution in [3.8, 4) is 0 Å². The van der Waals surface area contributed by atoms with Crippen LogP contribution in [-0.2, 0) is 4.79 Å². The predicted molar refractivity (Wildman–Crippen MR) is 95.9 cm³/mol. The first kappa shape index (κ1) is 19.6. The molecule has 0 aromatic carbocycles. The van der Waals surface area contributed by atoms with E-state index in [1.165, 1.54) is 6.08 Å². The number of rotatable bonds is 8. The lowest BCUT2D eigenvalue weighted by atomic mass is 10.1. The molecule has 0 spiro atoms. The fraction of sp³-hybridized carbons (Fsp3) is 0.500. The lowest BCUT2D eigenvalue weighted by Crippen LogP contribution is -2.39. The van der Waals surface area contributed by atoms with Crippen molar-refractivity contribution in [1.82, 2.24) is 15.3 Å². The van der Waals surface area contributed by atoms with E-state index in [1.54, 1.807) is 37.4 Å². The number of aliphatic hydroxyl groups excluding tert-OH is 1. The number of H-pyrrole nitrogens is 2. The van der Waals surface area contributed by atoms with E-state index in [1.807, 2.05) is 6.26 Å². The minimum atomic E-state index is -0.585. The second kappa shape index (κ2) is 9.64. The highest BCUT2D eigenvalue weighted by Gasteiger charge is 2.14. The van der Waals surface area contributed by atoms with Crippen LogP contribution in [0.25, 0.3) is 6.08 Å². The molecule has 0 saturated carbocycles. The third-order valence-electron chi connectivity index (χ3n) is 2.97. The van der Waals surface area contributed by atoms with Crippen molar-refractivity contribution < 1.29 is 9.90 Å². The summed E-state index contributed by atoms with van der Waals surface area (Å²) in [6.07, 6.45) is 3.40. The molecule has 0 saturated heterocycles. The van der Waals surface area contributed by atoms with Crippen molar-refractivity contribution in [1.29, 1.82) is 0 Å². The second-order valence-electron chi connectivity index (χ2n) is 4.90. The summed E-state index contributed by atoms with van der Waals surface area (Å²) in [7, 11) is 0. The van der Waals surface area contributed by atoms with Crippen LogP contribution in [0.4, 0.5) is 0 Å². The zero-order chi connectivity index (χ0) is 17.4. The van der Waals surface area contributed by atoms with Gasteiger partial charge >= 0.3 is 5.69 Å². The van der Waals surface area contributed by atoms with Crippen LogP contribution in [0.15, 0.2) is 15.2 Å². The van der Waals surface area contributed by atoms with Gasteiger partial charge in [-0.25, -0.2) is 4.79 Å². The number of aromatic amines is 2. The zero-order valence-corrected chi connectivity index (χ0v) is 14.9. The van der Waals surface area contributed by atoms with E-state index in [-0.39, 0.29) is 24.1 Å². The van der Waals surface area contributed by atoms with Gasteiger partial charge in [0.1, 0.15) is 0 Å². The fourth-order valence-electron chi connectivity index (χ4n) is 1.78. The van der Waals surface area contributed by atoms with Crippen molar-refractivity contribution in [2.24, 2.45) is 0 Å². The molecule has 0 bridgehead atoms. The van der Waals surface area contributed by atoms with Crippen molar-refractivity contribution in [2.75, 3.05) is 23.7 Å².